The quantitative estimate of drug-likeness (QED) is 0.851. The lowest BCUT2D eigenvalue weighted by Gasteiger charge is -2.11. The Bertz CT molecular complexity index is 811. The van der Waals surface area contributed by atoms with Crippen LogP contribution in [0.5, 0.6) is 0 Å². The van der Waals surface area contributed by atoms with Crippen LogP contribution in [0.2, 0.25) is 0 Å². The van der Waals surface area contributed by atoms with Crippen LogP contribution in [0.15, 0.2) is 40.8 Å². The SMILES string of the molecule is Cc1ccc(-c2ccc(CC3SC(=O)N(CCC(=O)O)C3=O)o2)cc1. The number of furan rings is 1. The number of thioether (sulfide) groups is 1. The Hall–Kier alpha value is -2.54. The zero-order valence-electron chi connectivity index (χ0n) is 13.6. The van der Waals surface area contributed by atoms with Crippen LogP contribution in [0.4, 0.5) is 4.79 Å². The summed E-state index contributed by atoms with van der Waals surface area (Å²) in [6.45, 7) is 1.91. The fourth-order valence-electron chi connectivity index (χ4n) is 2.58. The molecule has 1 atom stereocenters. The van der Waals surface area contributed by atoms with E-state index in [1.165, 1.54) is 0 Å². The third-order valence-electron chi connectivity index (χ3n) is 3.94. The highest BCUT2D eigenvalue weighted by molar-refractivity contribution is 8.15. The molecule has 6 nitrogen and oxygen atoms in total. The van der Waals surface area contributed by atoms with Crippen LogP contribution in [0.3, 0.4) is 0 Å². The predicted molar refractivity (Wildman–Crippen MR) is 93.3 cm³/mol. The topological polar surface area (TPSA) is 87.8 Å². The summed E-state index contributed by atoms with van der Waals surface area (Å²) in [5.41, 5.74) is 2.10. The molecule has 0 spiro atoms. The number of carboxylic acid groups (broad SMARTS) is 1. The largest absolute Gasteiger partial charge is 0.481 e. The summed E-state index contributed by atoms with van der Waals surface area (Å²) in [7, 11) is 0. The molecule has 3 rings (SSSR count). The summed E-state index contributed by atoms with van der Waals surface area (Å²) < 4.78 is 5.80. The standard InChI is InChI=1S/C18H17NO5S/c1-11-2-4-12(5-3-11)14-7-6-13(24-14)10-15-17(22)19(18(23)25-15)9-8-16(20)21/h2-7,15H,8-10H2,1H3,(H,20,21). The number of carboxylic acids is 1. The molecule has 0 aliphatic carbocycles. The maximum Gasteiger partial charge on any atom is 0.305 e. The fraction of sp³-hybridized carbons (Fsp3) is 0.278. The van der Waals surface area contributed by atoms with Crippen molar-refractivity contribution in [2.45, 2.75) is 25.0 Å². The summed E-state index contributed by atoms with van der Waals surface area (Å²) >= 11 is 0.920. The normalized spacial score (nSPS) is 17.3. The van der Waals surface area contributed by atoms with Crippen LogP contribution < -0.4 is 0 Å². The van der Waals surface area contributed by atoms with Crippen molar-refractivity contribution in [3.63, 3.8) is 0 Å². The van der Waals surface area contributed by atoms with Gasteiger partial charge < -0.3 is 9.52 Å². The molecule has 1 aliphatic heterocycles. The Morgan fingerprint density at radius 3 is 2.60 bits per heavy atom. The number of hydrogen-bond donors (Lipinski definition) is 1. The third-order valence-corrected chi connectivity index (χ3v) is 5.01. The van der Waals surface area contributed by atoms with Gasteiger partial charge in [0.1, 0.15) is 16.8 Å². The van der Waals surface area contributed by atoms with Crippen LogP contribution in [0.25, 0.3) is 11.3 Å². The first-order valence-corrected chi connectivity index (χ1v) is 8.71. The molecule has 1 aromatic carbocycles. The lowest BCUT2D eigenvalue weighted by atomic mass is 10.1. The van der Waals surface area contributed by atoms with Gasteiger partial charge in [-0.1, -0.05) is 41.6 Å². The van der Waals surface area contributed by atoms with Gasteiger partial charge in [0.25, 0.3) is 5.24 Å². The second-order valence-corrected chi connectivity index (χ2v) is 7.00. The summed E-state index contributed by atoms with van der Waals surface area (Å²) in [6.07, 6.45) is 0.0494. The van der Waals surface area contributed by atoms with Crippen molar-refractivity contribution in [2.24, 2.45) is 0 Å². The number of nitrogens with zero attached hydrogens (tertiary/aromatic N) is 1. The van der Waals surface area contributed by atoms with Gasteiger partial charge in [-0.25, -0.2) is 0 Å². The highest BCUT2D eigenvalue weighted by atomic mass is 32.2. The highest BCUT2D eigenvalue weighted by Gasteiger charge is 2.39. The van der Waals surface area contributed by atoms with Crippen molar-refractivity contribution >= 4 is 28.9 Å². The van der Waals surface area contributed by atoms with E-state index in [9.17, 15) is 14.4 Å². The second kappa shape index (κ2) is 7.14. The van der Waals surface area contributed by atoms with Crippen molar-refractivity contribution in [3.05, 3.63) is 47.7 Å². The van der Waals surface area contributed by atoms with E-state index < -0.39 is 16.5 Å². The van der Waals surface area contributed by atoms with Gasteiger partial charge in [0.15, 0.2) is 0 Å². The van der Waals surface area contributed by atoms with Crippen LogP contribution >= 0.6 is 11.8 Å². The summed E-state index contributed by atoms with van der Waals surface area (Å²) in [5, 5.41) is 7.73. The molecule has 0 bridgehead atoms. The van der Waals surface area contributed by atoms with Gasteiger partial charge in [-0.3, -0.25) is 19.3 Å². The van der Waals surface area contributed by atoms with Gasteiger partial charge in [-0.05, 0) is 19.1 Å². The second-order valence-electron chi connectivity index (χ2n) is 5.84. The van der Waals surface area contributed by atoms with Crippen LogP contribution in [0, 0.1) is 6.92 Å². The van der Waals surface area contributed by atoms with E-state index in [2.05, 4.69) is 0 Å². The number of aryl methyl sites for hydroxylation is 1. The maximum absolute atomic E-state index is 12.3. The van der Waals surface area contributed by atoms with E-state index in [1.54, 1.807) is 6.07 Å². The highest BCUT2D eigenvalue weighted by Crippen LogP contribution is 2.31. The first-order valence-electron chi connectivity index (χ1n) is 7.83. The van der Waals surface area contributed by atoms with E-state index in [-0.39, 0.29) is 18.9 Å². The van der Waals surface area contributed by atoms with E-state index in [1.807, 2.05) is 37.3 Å². The molecule has 0 radical (unpaired) electrons. The van der Waals surface area contributed by atoms with Crippen molar-refractivity contribution in [2.75, 3.05) is 6.54 Å². The minimum atomic E-state index is -1.04. The van der Waals surface area contributed by atoms with Crippen LogP contribution in [-0.2, 0) is 16.0 Å². The number of rotatable bonds is 6. The molecule has 2 aromatic rings. The van der Waals surface area contributed by atoms with E-state index in [0.29, 0.717) is 17.9 Å². The van der Waals surface area contributed by atoms with Gasteiger partial charge in [-0.15, -0.1) is 0 Å². The minimum absolute atomic E-state index is 0.0940. The van der Waals surface area contributed by atoms with Crippen LogP contribution in [-0.4, -0.2) is 38.9 Å². The monoisotopic (exact) mass is 359 g/mol. The van der Waals surface area contributed by atoms with Gasteiger partial charge in [-0.2, -0.15) is 0 Å². The molecule has 2 heterocycles. The smallest absolute Gasteiger partial charge is 0.305 e. The molecule has 25 heavy (non-hydrogen) atoms. The van der Waals surface area contributed by atoms with Crippen molar-refractivity contribution in [1.82, 2.24) is 4.90 Å². The van der Waals surface area contributed by atoms with E-state index in [4.69, 9.17) is 9.52 Å². The summed E-state index contributed by atoms with van der Waals surface area (Å²) in [5.74, 6) is -0.0684. The minimum Gasteiger partial charge on any atom is -0.481 e. The molecule has 1 N–H and O–H groups in total. The average Bonchev–Trinajstić information content (AvgIpc) is 3.12. The van der Waals surface area contributed by atoms with E-state index in [0.717, 1.165) is 27.8 Å². The third kappa shape index (κ3) is 3.93. The van der Waals surface area contributed by atoms with Crippen molar-refractivity contribution in [1.29, 1.82) is 0 Å². The van der Waals surface area contributed by atoms with Gasteiger partial charge in [0.2, 0.25) is 5.91 Å². The fourth-order valence-corrected chi connectivity index (χ4v) is 3.61. The first kappa shape index (κ1) is 17.3. The molecule has 7 heteroatoms. The lowest BCUT2D eigenvalue weighted by Crippen LogP contribution is -2.33. The predicted octanol–water partition coefficient (Wildman–Crippen LogP) is 3.34. The zero-order chi connectivity index (χ0) is 18.0. The molecule has 2 amide bonds. The molecule has 0 saturated carbocycles. The number of carbonyl (C=O) groups is 3. The lowest BCUT2D eigenvalue weighted by molar-refractivity contribution is -0.137. The first-order chi connectivity index (χ1) is 11.9. The molecular formula is C18H17NO5S. The molecule has 1 saturated heterocycles. The summed E-state index contributed by atoms with van der Waals surface area (Å²) in [4.78, 5) is 35.8. The molecular weight excluding hydrogens is 342 g/mol. The van der Waals surface area contributed by atoms with Gasteiger partial charge in [0, 0.05) is 18.5 Å². The number of benzene rings is 1. The Morgan fingerprint density at radius 2 is 1.92 bits per heavy atom. The molecule has 1 unspecified atom stereocenters. The molecule has 1 aliphatic rings. The molecule has 1 aromatic heterocycles. The van der Waals surface area contributed by atoms with E-state index >= 15 is 0 Å². The van der Waals surface area contributed by atoms with Crippen molar-refractivity contribution in [3.8, 4) is 11.3 Å². The number of amides is 2. The Labute approximate surface area is 148 Å². The zero-order valence-corrected chi connectivity index (χ0v) is 14.4. The number of carbonyl (C=O) groups excluding carboxylic acids is 2. The Kier molecular flexibility index (Phi) is 4.94. The van der Waals surface area contributed by atoms with Gasteiger partial charge >= 0.3 is 5.97 Å². The van der Waals surface area contributed by atoms with Gasteiger partial charge in [0.05, 0.1) is 6.42 Å². The molecule has 130 valence electrons. The average molecular weight is 359 g/mol. The number of hydrogen-bond acceptors (Lipinski definition) is 5. The number of imide groups is 1. The van der Waals surface area contributed by atoms with Crippen molar-refractivity contribution < 1.29 is 23.9 Å². The Morgan fingerprint density at radius 1 is 1.20 bits per heavy atom. The van der Waals surface area contributed by atoms with Crippen LogP contribution in [0.1, 0.15) is 17.7 Å². The summed E-state index contributed by atoms with van der Waals surface area (Å²) in [6, 6.07) is 11.6. The molecule has 1 fully saturated rings. The Balaban J connectivity index is 1.67. The maximum atomic E-state index is 12.3. The number of aliphatic carboxylic acids is 1.